The number of pyridine rings is 1. The predicted octanol–water partition coefficient (Wildman–Crippen LogP) is 14.7. The largest absolute Gasteiger partial charge is 0.507 e. The second kappa shape index (κ2) is 15.3. The van der Waals surface area contributed by atoms with Gasteiger partial charge in [-0.25, -0.2) is 4.98 Å². The summed E-state index contributed by atoms with van der Waals surface area (Å²) < 4.78 is 2.26. The summed E-state index contributed by atoms with van der Waals surface area (Å²) in [4.78, 5) is 10.6. The zero-order chi connectivity index (χ0) is 41.6. The van der Waals surface area contributed by atoms with Gasteiger partial charge in [-0.05, 0) is 104 Å². The molecule has 0 saturated carbocycles. The van der Waals surface area contributed by atoms with Gasteiger partial charge in [-0.2, -0.15) is 0 Å². The lowest BCUT2D eigenvalue weighted by molar-refractivity contribution is 0.448. The van der Waals surface area contributed by atoms with Crippen molar-refractivity contribution >= 4 is 11.0 Å². The molecule has 4 nitrogen and oxygen atoms in total. The molecule has 294 valence electrons. The minimum absolute atomic E-state index is 0.156. The van der Waals surface area contributed by atoms with Gasteiger partial charge in [-0.15, -0.1) is 0 Å². The lowest BCUT2D eigenvalue weighted by Gasteiger charge is -2.22. The SMILES string of the molecule is CC(C)(C)c1cc(-c2cc(-c3ccccc3)ccn2)cc(-c2cc(-c3ccccc3)cc3c2nc(-c2cccc(C(C)(C)C)c2O)n3-c2ccccc2-c2ccccc2)c1. The highest BCUT2D eigenvalue weighted by molar-refractivity contribution is 6.00. The molecule has 2 aromatic heterocycles. The second-order valence-electron chi connectivity index (χ2n) is 17.7. The molecule has 0 unspecified atom stereocenters. The van der Waals surface area contributed by atoms with Crippen molar-refractivity contribution in [1.82, 2.24) is 14.5 Å². The first kappa shape index (κ1) is 38.5. The van der Waals surface area contributed by atoms with Crippen LogP contribution in [0.5, 0.6) is 5.75 Å². The average Bonchev–Trinajstić information content (AvgIpc) is 3.65. The van der Waals surface area contributed by atoms with E-state index >= 15 is 0 Å². The van der Waals surface area contributed by atoms with Crippen LogP contribution in [-0.4, -0.2) is 19.6 Å². The van der Waals surface area contributed by atoms with Gasteiger partial charge in [0.25, 0.3) is 0 Å². The maximum Gasteiger partial charge on any atom is 0.149 e. The van der Waals surface area contributed by atoms with Crippen molar-refractivity contribution in [1.29, 1.82) is 0 Å². The summed E-state index contributed by atoms with van der Waals surface area (Å²) in [6.45, 7) is 13.2. The number of fused-ring (bicyclic) bond motifs is 1. The van der Waals surface area contributed by atoms with E-state index in [-0.39, 0.29) is 16.6 Å². The molecule has 0 amide bonds. The van der Waals surface area contributed by atoms with Crippen LogP contribution in [0, 0.1) is 0 Å². The number of phenols is 1. The van der Waals surface area contributed by atoms with E-state index in [2.05, 4.69) is 192 Å². The molecule has 1 N–H and O–H groups in total. The maximum absolute atomic E-state index is 12.2. The molecule has 4 heteroatoms. The van der Waals surface area contributed by atoms with Crippen molar-refractivity contribution in [3.63, 3.8) is 0 Å². The molecule has 0 atom stereocenters. The van der Waals surface area contributed by atoms with Crippen LogP contribution in [-0.2, 0) is 10.8 Å². The zero-order valence-electron chi connectivity index (χ0n) is 35.1. The molecule has 9 rings (SSSR count). The first-order valence-electron chi connectivity index (χ1n) is 20.7. The van der Waals surface area contributed by atoms with Crippen molar-refractivity contribution in [3.8, 4) is 78.6 Å². The van der Waals surface area contributed by atoms with Gasteiger partial charge >= 0.3 is 0 Å². The van der Waals surface area contributed by atoms with Gasteiger partial charge in [0.15, 0.2) is 0 Å². The number of imidazole rings is 1. The number of phenolic OH excluding ortho intramolecular Hbond substituents is 1. The Morgan fingerprint density at radius 3 is 1.72 bits per heavy atom. The van der Waals surface area contributed by atoms with Crippen LogP contribution in [0.15, 0.2) is 182 Å². The Morgan fingerprint density at radius 1 is 0.450 bits per heavy atom. The second-order valence-corrected chi connectivity index (χ2v) is 17.7. The van der Waals surface area contributed by atoms with Crippen LogP contribution in [0.2, 0.25) is 0 Å². The average molecular weight is 780 g/mol. The minimum atomic E-state index is -0.291. The summed E-state index contributed by atoms with van der Waals surface area (Å²) in [6.07, 6.45) is 1.91. The maximum atomic E-state index is 12.2. The fourth-order valence-electron chi connectivity index (χ4n) is 8.24. The fraction of sp³-hybridized carbons (Fsp3) is 0.143. The molecular weight excluding hydrogens is 731 g/mol. The molecule has 0 aliphatic carbocycles. The Kier molecular flexibility index (Phi) is 9.80. The fourth-order valence-corrected chi connectivity index (χ4v) is 8.24. The molecule has 0 bridgehead atoms. The summed E-state index contributed by atoms with van der Waals surface area (Å²) in [5.41, 5.74) is 15.7. The predicted molar refractivity (Wildman–Crippen MR) is 251 cm³/mol. The molecule has 0 aliphatic rings. The van der Waals surface area contributed by atoms with E-state index in [0.29, 0.717) is 11.4 Å². The van der Waals surface area contributed by atoms with E-state index in [1.807, 2.05) is 36.5 Å². The van der Waals surface area contributed by atoms with E-state index in [1.54, 1.807) is 0 Å². The lowest BCUT2D eigenvalue weighted by atomic mass is 9.83. The summed E-state index contributed by atoms with van der Waals surface area (Å²) >= 11 is 0. The summed E-state index contributed by atoms with van der Waals surface area (Å²) in [6, 6.07) is 61.8. The molecule has 0 aliphatic heterocycles. The number of rotatable bonds is 7. The Bertz CT molecular complexity index is 2990. The molecule has 0 fully saturated rings. The third-order valence-corrected chi connectivity index (χ3v) is 11.5. The highest BCUT2D eigenvalue weighted by Gasteiger charge is 2.27. The molecule has 2 heterocycles. The highest BCUT2D eigenvalue weighted by Crippen LogP contribution is 2.45. The number of para-hydroxylation sites is 2. The van der Waals surface area contributed by atoms with E-state index in [0.717, 1.165) is 78.0 Å². The van der Waals surface area contributed by atoms with Crippen LogP contribution < -0.4 is 0 Å². The van der Waals surface area contributed by atoms with Crippen LogP contribution in [0.3, 0.4) is 0 Å². The first-order chi connectivity index (χ1) is 28.9. The highest BCUT2D eigenvalue weighted by atomic mass is 16.3. The van der Waals surface area contributed by atoms with Gasteiger partial charge in [0.2, 0.25) is 0 Å². The lowest BCUT2D eigenvalue weighted by Crippen LogP contribution is -2.11. The van der Waals surface area contributed by atoms with Crippen molar-refractivity contribution < 1.29 is 5.11 Å². The molecule has 0 saturated heterocycles. The van der Waals surface area contributed by atoms with Gasteiger partial charge in [-0.3, -0.25) is 9.55 Å². The van der Waals surface area contributed by atoms with Gasteiger partial charge in [0.1, 0.15) is 11.6 Å². The third-order valence-electron chi connectivity index (χ3n) is 11.5. The Hall–Kier alpha value is -7.04. The monoisotopic (exact) mass is 779 g/mol. The number of hydrogen-bond donors (Lipinski definition) is 1. The number of aromatic hydroxyl groups is 1. The zero-order valence-corrected chi connectivity index (χ0v) is 35.1. The molecule has 7 aromatic carbocycles. The Labute approximate surface area is 353 Å². The molecular formula is C56H49N3O. The van der Waals surface area contributed by atoms with E-state index in [9.17, 15) is 5.11 Å². The Morgan fingerprint density at radius 2 is 1.05 bits per heavy atom. The van der Waals surface area contributed by atoms with Gasteiger partial charge in [-0.1, -0.05) is 169 Å². The molecule has 0 radical (unpaired) electrons. The number of aromatic nitrogens is 3. The number of nitrogens with zero attached hydrogens (tertiary/aromatic N) is 3. The normalized spacial score (nSPS) is 11.9. The topological polar surface area (TPSA) is 50.9 Å². The molecule has 0 spiro atoms. The van der Waals surface area contributed by atoms with Gasteiger partial charge < -0.3 is 5.11 Å². The molecule has 9 aromatic rings. The van der Waals surface area contributed by atoms with Crippen molar-refractivity contribution in [3.05, 3.63) is 193 Å². The van der Waals surface area contributed by atoms with Crippen molar-refractivity contribution in [2.24, 2.45) is 0 Å². The number of hydrogen-bond acceptors (Lipinski definition) is 3. The standard InChI is InChI=1S/C56H49N3O/c1-55(2,3)44-32-42(31-43(33-44)49-35-40(29-30-57-49)37-19-10-7-11-20-37)47-34-41(38-21-12-8-13-22-38)36-51-52(47)58-54(46-26-18-27-48(53(46)60)56(4,5)6)59(51)50-28-17-16-25-45(50)39-23-14-9-15-24-39/h7-36,60H,1-6H3. The summed E-state index contributed by atoms with van der Waals surface area (Å²) in [5.74, 6) is 0.915. The van der Waals surface area contributed by atoms with Gasteiger partial charge in [0.05, 0.1) is 28.0 Å². The number of benzene rings is 7. The van der Waals surface area contributed by atoms with Crippen molar-refractivity contribution in [2.75, 3.05) is 0 Å². The summed E-state index contributed by atoms with van der Waals surface area (Å²) in [7, 11) is 0. The smallest absolute Gasteiger partial charge is 0.149 e. The van der Waals surface area contributed by atoms with E-state index in [4.69, 9.17) is 9.97 Å². The third kappa shape index (κ3) is 7.30. The summed E-state index contributed by atoms with van der Waals surface area (Å²) in [5, 5.41) is 12.2. The van der Waals surface area contributed by atoms with Crippen LogP contribution in [0.25, 0.3) is 83.9 Å². The van der Waals surface area contributed by atoms with Crippen LogP contribution in [0.4, 0.5) is 0 Å². The van der Waals surface area contributed by atoms with Crippen molar-refractivity contribution in [2.45, 2.75) is 52.4 Å². The van der Waals surface area contributed by atoms with Crippen LogP contribution in [0.1, 0.15) is 52.7 Å². The quantitative estimate of drug-likeness (QED) is 0.175. The minimum Gasteiger partial charge on any atom is -0.507 e. The first-order valence-corrected chi connectivity index (χ1v) is 20.7. The molecule has 60 heavy (non-hydrogen) atoms. The van der Waals surface area contributed by atoms with E-state index in [1.165, 1.54) is 5.56 Å². The van der Waals surface area contributed by atoms with E-state index < -0.39 is 0 Å². The Balaban J connectivity index is 1.39. The van der Waals surface area contributed by atoms with Crippen LogP contribution >= 0.6 is 0 Å². The van der Waals surface area contributed by atoms with Gasteiger partial charge in [0, 0.05) is 22.9 Å².